The molecule has 0 saturated carbocycles. The van der Waals surface area contributed by atoms with Gasteiger partial charge in [0.2, 0.25) is 0 Å². The van der Waals surface area contributed by atoms with E-state index in [-0.39, 0.29) is 0 Å². The van der Waals surface area contributed by atoms with Crippen LogP contribution in [0.4, 0.5) is 17.2 Å². The smallest absolute Gasteiger partial charge is 0.141 e. The van der Waals surface area contributed by atoms with E-state index in [1.54, 1.807) is 6.33 Å². The lowest BCUT2D eigenvalue weighted by molar-refractivity contribution is 0.589. The van der Waals surface area contributed by atoms with E-state index in [2.05, 4.69) is 73.1 Å². The molecule has 7 nitrogen and oxygen atoms in total. The van der Waals surface area contributed by atoms with Crippen LogP contribution < -0.4 is 15.5 Å². The van der Waals surface area contributed by atoms with Crippen molar-refractivity contribution in [2.75, 3.05) is 36.4 Å². The molecule has 7 heteroatoms. The second-order valence-corrected chi connectivity index (χ2v) is 8.40. The molecule has 0 unspecified atom stereocenters. The van der Waals surface area contributed by atoms with Crippen LogP contribution in [0.1, 0.15) is 11.3 Å². The lowest BCUT2D eigenvalue weighted by Gasteiger charge is -2.29. The van der Waals surface area contributed by atoms with E-state index in [0.717, 1.165) is 66.5 Å². The number of nitrogens with one attached hydrogen (secondary N) is 2. The van der Waals surface area contributed by atoms with Crippen LogP contribution in [0.15, 0.2) is 61.2 Å². The average Bonchev–Trinajstić information content (AvgIpc) is 3.43. The second-order valence-electron chi connectivity index (χ2n) is 8.40. The number of hydrogen-bond donors (Lipinski definition) is 2. The Balaban J connectivity index is 1.31. The topological polar surface area (TPSA) is 70.9 Å². The summed E-state index contributed by atoms with van der Waals surface area (Å²) in [5, 5.41) is 11.3. The minimum Gasteiger partial charge on any atom is -0.369 e. The number of benzene rings is 2. The van der Waals surface area contributed by atoms with Crippen LogP contribution in [0.3, 0.4) is 0 Å². The second kappa shape index (κ2) is 7.76. The highest BCUT2D eigenvalue weighted by Gasteiger charge is 2.24. The fourth-order valence-corrected chi connectivity index (χ4v) is 4.64. The maximum absolute atomic E-state index is 4.61. The molecule has 1 aliphatic carbocycles. The Bertz CT molecular complexity index is 1270. The van der Waals surface area contributed by atoms with Gasteiger partial charge >= 0.3 is 0 Å². The van der Waals surface area contributed by atoms with Crippen molar-refractivity contribution >= 4 is 17.2 Å². The van der Waals surface area contributed by atoms with E-state index < -0.39 is 0 Å². The molecule has 1 aliphatic heterocycles. The Labute approximate surface area is 187 Å². The predicted molar refractivity (Wildman–Crippen MR) is 127 cm³/mol. The molecule has 2 aliphatic rings. The van der Waals surface area contributed by atoms with E-state index in [0.29, 0.717) is 0 Å². The summed E-state index contributed by atoms with van der Waals surface area (Å²) in [6.07, 6.45) is 6.43. The SMILES string of the molecule is Cn1cc(-c2ccc3c(c2)-c2c(ncnc2Nc2ccc(N4CCNCC4)cc2)C3)cn1. The molecule has 4 aromatic rings. The van der Waals surface area contributed by atoms with Crippen molar-refractivity contribution in [1.82, 2.24) is 25.1 Å². The molecule has 0 radical (unpaired) electrons. The third kappa shape index (κ3) is 3.40. The molecule has 2 aromatic carbocycles. The van der Waals surface area contributed by atoms with Gasteiger partial charge in [-0.15, -0.1) is 0 Å². The summed E-state index contributed by atoms with van der Waals surface area (Å²) in [6.45, 7) is 4.16. The minimum absolute atomic E-state index is 0.830. The van der Waals surface area contributed by atoms with Crippen LogP contribution in [0.2, 0.25) is 0 Å². The van der Waals surface area contributed by atoms with Gasteiger partial charge in [-0.25, -0.2) is 9.97 Å². The van der Waals surface area contributed by atoms with Crippen molar-refractivity contribution in [3.63, 3.8) is 0 Å². The maximum atomic E-state index is 4.61. The highest BCUT2D eigenvalue weighted by molar-refractivity contribution is 5.88. The van der Waals surface area contributed by atoms with Gasteiger partial charge in [-0.2, -0.15) is 5.10 Å². The predicted octanol–water partition coefficient (Wildman–Crippen LogP) is 3.60. The summed E-state index contributed by atoms with van der Waals surface area (Å²) in [4.78, 5) is 11.6. The molecule has 3 heterocycles. The van der Waals surface area contributed by atoms with E-state index in [1.807, 2.05) is 24.1 Å². The summed E-state index contributed by atoms with van der Waals surface area (Å²) >= 11 is 0. The van der Waals surface area contributed by atoms with Crippen molar-refractivity contribution in [2.45, 2.75) is 6.42 Å². The fraction of sp³-hybridized carbons (Fsp3) is 0.240. The van der Waals surface area contributed by atoms with Crippen LogP contribution in [0.5, 0.6) is 0 Å². The Morgan fingerprint density at radius 2 is 1.81 bits per heavy atom. The molecule has 0 bridgehead atoms. The first kappa shape index (κ1) is 19.0. The molecule has 0 amide bonds. The third-order valence-corrected chi connectivity index (χ3v) is 6.31. The Hall–Kier alpha value is -3.71. The van der Waals surface area contributed by atoms with Gasteiger partial charge in [0.05, 0.1) is 11.9 Å². The monoisotopic (exact) mass is 423 g/mol. The van der Waals surface area contributed by atoms with Crippen LogP contribution in [-0.4, -0.2) is 45.9 Å². The van der Waals surface area contributed by atoms with Crippen LogP contribution in [0, 0.1) is 0 Å². The Kier molecular flexibility index (Phi) is 4.61. The number of hydrogen-bond acceptors (Lipinski definition) is 6. The molecule has 2 N–H and O–H groups in total. The van der Waals surface area contributed by atoms with Gasteiger partial charge in [-0.3, -0.25) is 4.68 Å². The summed E-state index contributed by atoms with van der Waals surface area (Å²) in [5.41, 5.74) is 9.20. The largest absolute Gasteiger partial charge is 0.369 e. The number of rotatable bonds is 4. The summed E-state index contributed by atoms with van der Waals surface area (Å²) < 4.78 is 1.83. The molecule has 2 aromatic heterocycles. The van der Waals surface area contributed by atoms with E-state index in [4.69, 9.17) is 0 Å². The van der Waals surface area contributed by atoms with Gasteiger partial charge in [-0.05, 0) is 47.0 Å². The number of piperazine rings is 1. The zero-order valence-electron chi connectivity index (χ0n) is 18.0. The quantitative estimate of drug-likeness (QED) is 0.460. The van der Waals surface area contributed by atoms with E-state index in [1.165, 1.54) is 16.8 Å². The first-order valence-electron chi connectivity index (χ1n) is 11.0. The highest BCUT2D eigenvalue weighted by atomic mass is 15.2. The average molecular weight is 424 g/mol. The summed E-state index contributed by atoms with van der Waals surface area (Å²) in [7, 11) is 1.94. The summed E-state index contributed by atoms with van der Waals surface area (Å²) in [5.74, 6) is 0.854. The number of aryl methyl sites for hydroxylation is 1. The Morgan fingerprint density at radius 3 is 2.59 bits per heavy atom. The highest BCUT2D eigenvalue weighted by Crippen LogP contribution is 2.42. The molecular formula is C25H25N7. The van der Waals surface area contributed by atoms with Crippen molar-refractivity contribution in [3.05, 3.63) is 72.4 Å². The van der Waals surface area contributed by atoms with E-state index >= 15 is 0 Å². The zero-order chi connectivity index (χ0) is 21.5. The summed E-state index contributed by atoms with van der Waals surface area (Å²) in [6, 6.07) is 15.2. The standard InChI is InChI=1S/C25H25N7/c1-31-15-19(14-29-31)17-2-3-18-13-23-24(22(18)12-17)25(28-16-27-23)30-20-4-6-21(7-5-20)32-10-8-26-9-11-32/h2-7,12,14-16,26H,8-11,13H2,1H3,(H,27,28,30). The van der Waals surface area contributed by atoms with Gasteiger partial charge in [0, 0.05) is 68.3 Å². The number of aromatic nitrogens is 4. The normalized spacial score (nSPS) is 14.8. The van der Waals surface area contributed by atoms with Gasteiger partial charge < -0.3 is 15.5 Å². The molecule has 1 saturated heterocycles. The van der Waals surface area contributed by atoms with Gasteiger partial charge in [-0.1, -0.05) is 12.1 Å². The van der Waals surface area contributed by atoms with Crippen LogP contribution in [-0.2, 0) is 13.5 Å². The number of fused-ring (bicyclic) bond motifs is 3. The molecule has 0 spiro atoms. The van der Waals surface area contributed by atoms with Crippen LogP contribution >= 0.6 is 0 Å². The molecule has 160 valence electrons. The van der Waals surface area contributed by atoms with Gasteiger partial charge in [0.1, 0.15) is 12.1 Å². The first-order valence-corrected chi connectivity index (χ1v) is 11.0. The molecule has 0 atom stereocenters. The minimum atomic E-state index is 0.830. The third-order valence-electron chi connectivity index (χ3n) is 6.31. The van der Waals surface area contributed by atoms with Gasteiger partial charge in [0.15, 0.2) is 0 Å². The maximum Gasteiger partial charge on any atom is 0.141 e. The number of anilines is 3. The van der Waals surface area contributed by atoms with Gasteiger partial charge in [0.25, 0.3) is 0 Å². The zero-order valence-corrected chi connectivity index (χ0v) is 18.0. The van der Waals surface area contributed by atoms with Crippen molar-refractivity contribution in [1.29, 1.82) is 0 Å². The molecule has 32 heavy (non-hydrogen) atoms. The van der Waals surface area contributed by atoms with Crippen molar-refractivity contribution in [2.24, 2.45) is 7.05 Å². The first-order chi connectivity index (χ1) is 15.7. The Morgan fingerprint density at radius 1 is 0.969 bits per heavy atom. The molecule has 6 rings (SSSR count). The molecular weight excluding hydrogens is 398 g/mol. The lowest BCUT2D eigenvalue weighted by Crippen LogP contribution is -2.43. The van der Waals surface area contributed by atoms with Crippen LogP contribution in [0.25, 0.3) is 22.3 Å². The molecule has 1 fully saturated rings. The fourth-order valence-electron chi connectivity index (χ4n) is 4.64. The van der Waals surface area contributed by atoms with Crippen molar-refractivity contribution in [3.8, 4) is 22.3 Å². The van der Waals surface area contributed by atoms with Crippen molar-refractivity contribution < 1.29 is 0 Å². The number of nitrogens with zero attached hydrogens (tertiary/aromatic N) is 5. The van der Waals surface area contributed by atoms with E-state index in [9.17, 15) is 0 Å². The lowest BCUT2D eigenvalue weighted by atomic mass is 10.0.